The van der Waals surface area contributed by atoms with E-state index in [1.807, 2.05) is 6.92 Å². The van der Waals surface area contributed by atoms with Gasteiger partial charge in [-0.2, -0.15) is 11.1 Å². The Morgan fingerprint density at radius 3 is 2.12 bits per heavy atom. The lowest BCUT2D eigenvalue weighted by atomic mass is 10.4. The Bertz CT molecular complexity index is 64.3. The first kappa shape index (κ1) is 9.09. The number of hydrogen-bond donors (Lipinski definition) is 0. The third-order valence-corrected chi connectivity index (χ3v) is 4.93. The van der Waals surface area contributed by atoms with Gasteiger partial charge in [0.25, 0.3) is 0 Å². The van der Waals surface area contributed by atoms with Gasteiger partial charge in [0, 0.05) is 0 Å². The molecule has 0 fully saturated rings. The summed E-state index contributed by atoms with van der Waals surface area (Å²) in [6, 6.07) is 0. The average Bonchev–Trinajstić information content (AvgIpc) is 1.67. The van der Waals surface area contributed by atoms with E-state index in [1.165, 1.54) is 0 Å². The molecule has 0 unspecified atom stereocenters. The Labute approximate surface area is 67.0 Å². The summed E-state index contributed by atoms with van der Waals surface area (Å²) in [6.07, 6.45) is 1.83. The summed E-state index contributed by atoms with van der Waals surface area (Å²) in [5.41, 5.74) is 0. The lowest BCUT2D eigenvalue weighted by Gasteiger charge is -2.12. The summed E-state index contributed by atoms with van der Waals surface area (Å²) in [5, 5.41) is 0. The van der Waals surface area contributed by atoms with E-state index >= 15 is 0 Å². The first-order valence-corrected chi connectivity index (χ1v) is 6.16. The smallest absolute Gasteiger partial charge is 0.165 e. The zero-order valence-corrected chi connectivity index (χ0v) is 8.44. The SMILES string of the molecule is CCCC(Cl)(Cl)[SiH2]Cl. The van der Waals surface area contributed by atoms with Crippen molar-refractivity contribution in [3.63, 3.8) is 0 Å². The van der Waals surface area contributed by atoms with Crippen LogP contribution in [0.25, 0.3) is 0 Å². The molecule has 0 rings (SSSR count). The second-order valence-corrected chi connectivity index (χ2v) is 6.55. The van der Waals surface area contributed by atoms with Crippen LogP contribution in [0.4, 0.5) is 0 Å². The van der Waals surface area contributed by atoms with Crippen LogP contribution in [0.3, 0.4) is 0 Å². The Balaban J connectivity index is 3.37. The lowest BCUT2D eigenvalue weighted by Crippen LogP contribution is -2.16. The second kappa shape index (κ2) is 3.99. The minimum Gasteiger partial charge on any atom is -0.173 e. The quantitative estimate of drug-likeness (QED) is 0.365. The van der Waals surface area contributed by atoms with Crippen molar-refractivity contribution in [1.82, 2.24) is 0 Å². The van der Waals surface area contributed by atoms with Gasteiger partial charge in [-0.25, -0.2) is 0 Å². The maximum absolute atomic E-state index is 5.72. The van der Waals surface area contributed by atoms with Crippen molar-refractivity contribution < 1.29 is 0 Å². The molecule has 0 saturated heterocycles. The largest absolute Gasteiger partial charge is 0.173 e. The molecule has 0 aromatic carbocycles. The van der Waals surface area contributed by atoms with E-state index in [1.54, 1.807) is 0 Å². The predicted molar refractivity (Wildman–Crippen MR) is 43.7 cm³/mol. The third-order valence-electron chi connectivity index (χ3n) is 0.811. The average molecular weight is 192 g/mol. The van der Waals surface area contributed by atoms with Crippen LogP contribution in [0.5, 0.6) is 0 Å². The minimum atomic E-state index is -0.766. The maximum atomic E-state index is 5.72. The van der Waals surface area contributed by atoms with E-state index in [0.29, 0.717) is 0 Å². The molecule has 0 saturated carbocycles. The molecule has 0 heterocycles. The monoisotopic (exact) mass is 190 g/mol. The predicted octanol–water partition coefficient (Wildman–Crippen LogP) is 2.24. The number of rotatable bonds is 3. The molecule has 0 radical (unpaired) electrons. The standard InChI is InChI=1S/C4H9Cl3Si/c1-2-3-4(5,6)8-7/h2-3,8H2,1H3. The third kappa shape index (κ3) is 4.01. The Kier molecular flexibility index (Phi) is 4.53. The van der Waals surface area contributed by atoms with Crippen LogP contribution in [-0.2, 0) is 0 Å². The number of alkyl halides is 2. The molecule has 0 N–H and O–H groups in total. The van der Waals surface area contributed by atoms with Gasteiger partial charge in [0.2, 0.25) is 0 Å². The summed E-state index contributed by atoms with van der Waals surface area (Å²) in [6.45, 7) is 2.04. The Morgan fingerprint density at radius 1 is 1.50 bits per heavy atom. The second-order valence-electron chi connectivity index (χ2n) is 1.74. The normalized spacial score (nSPS) is 13.5. The highest BCUT2D eigenvalue weighted by atomic mass is 35.6. The van der Waals surface area contributed by atoms with Crippen LogP contribution in [0.15, 0.2) is 0 Å². The topological polar surface area (TPSA) is 0 Å². The summed E-state index contributed by atoms with van der Waals surface area (Å²) in [4.78, 5) is 0. The van der Waals surface area contributed by atoms with E-state index in [9.17, 15) is 0 Å². The molecule has 4 heteroatoms. The van der Waals surface area contributed by atoms with Crippen molar-refractivity contribution in [1.29, 1.82) is 0 Å². The fourth-order valence-corrected chi connectivity index (χ4v) is 1.70. The van der Waals surface area contributed by atoms with Gasteiger partial charge in [-0.1, -0.05) is 13.3 Å². The molecule has 0 aromatic rings. The molecule has 0 aliphatic heterocycles. The zero-order valence-electron chi connectivity index (χ0n) is 4.76. The van der Waals surface area contributed by atoms with E-state index in [0.717, 1.165) is 12.8 Å². The van der Waals surface area contributed by atoms with Gasteiger partial charge in [-0.15, -0.1) is 23.2 Å². The van der Waals surface area contributed by atoms with Gasteiger partial charge in [-0.3, -0.25) is 0 Å². The molecule has 50 valence electrons. The number of halogens is 3. The molecule has 8 heavy (non-hydrogen) atoms. The van der Waals surface area contributed by atoms with Gasteiger partial charge in [0.05, 0.1) is 0 Å². The van der Waals surface area contributed by atoms with Crippen LogP contribution < -0.4 is 0 Å². The van der Waals surface area contributed by atoms with Crippen LogP contribution in [0.2, 0.25) is 0 Å². The fraction of sp³-hybridized carbons (Fsp3) is 1.00. The molecule has 0 atom stereocenters. The summed E-state index contributed by atoms with van der Waals surface area (Å²) >= 11 is 17.0. The van der Waals surface area contributed by atoms with Gasteiger partial charge >= 0.3 is 0 Å². The molecule has 0 amide bonds. The molecule has 0 nitrogen and oxygen atoms in total. The van der Waals surface area contributed by atoms with E-state index in [4.69, 9.17) is 34.3 Å². The van der Waals surface area contributed by atoms with Crippen molar-refractivity contribution in [3.05, 3.63) is 0 Å². The van der Waals surface area contributed by atoms with E-state index in [-0.39, 0.29) is 0 Å². The van der Waals surface area contributed by atoms with Crippen LogP contribution in [0.1, 0.15) is 19.8 Å². The van der Waals surface area contributed by atoms with Crippen LogP contribution in [-0.4, -0.2) is 12.8 Å². The van der Waals surface area contributed by atoms with Gasteiger partial charge in [0.1, 0.15) is 3.96 Å². The molecular formula is C4H9Cl3Si. The molecule has 0 aliphatic carbocycles. The minimum absolute atomic E-state index is 0.559. The lowest BCUT2D eigenvalue weighted by molar-refractivity contribution is 0.820. The molecule has 0 bridgehead atoms. The zero-order chi connectivity index (χ0) is 6.62. The molecule has 0 aromatic heterocycles. The first-order chi connectivity index (χ1) is 3.62. The Hall–Kier alpha value is 1.09. The van der Waals surface area contributed by atoms with Gasteiger partial charge in [-0.05, 0) is 6.42 Å². The summed E-state index contributed by atoms with van der Waals surface area (Å²) in [5.74, 6) is 0. The van der Waals surface area contributed by atoms with Gasteiger partial charge < -0.3 is 0 Å². The van der Waals surface area contributed by atoms with Crippen LogP contribution in [0, 0.1) is 0 Å². The van der Waals surface area contributed by atoms with E-state index in [2.05, 4.69) is 0 Å². The highest BCUT2D eigenvalue weighted by Gasteiger charge is 2.20. The highest BCUT2D eigenvalue weighted by molar-refractivity contribution is 7.03. The maximum Gasteiger partial charge on any atom is 0.165 e. The van der Waals surface area contributed by atoms with Crippen molar-refractivity contribution in [2.75, 3.05) is 0 Å². The fourth-order valence-electron chi connectivity index (χ4n) is 0.433. The highest BCUT2D eigenvalue weighted by Crippen LogP contribution is 2.25. The molecule has 0 spiro atoms. The molecular weight excluding hydrogens is 182 g/mol. The van der Waals surface area contributed by atoms with Crippen molar-refractivity contribution in [3.8, 4) is 0 Å². The van der Waals surface area contributed by atoms with E-state index < -0.39 is 12.8 Å². The van der Waals surface area contributed by atoms with Crippen molar-refractivity contribution in [2.24, 2.45) is 0 Å². The van der Waals surface area contributed by atoms with Crippen molar-refractivity contribution in [2.45, 2.75) is 23.7 Å². The first-order valence-electron chi connectivity index (χ1n) is 2.56. The molecule has 0 aliphatic rings. The van der Waals surface area contributed by atoms with Crippen LogP contribution >= 0.6 is 34.3 Å². The van der Waals surface area contributed by atoms with Gasteiger partial charge in [0.15, 0.2) is 8.83 Å². The Morgan fingerprint density at radius 2 is 2.00 bits per heavy atom. The summed E-state index contributed by atoms with van der Waals surface area (Å²) < 4.78 is -0.559. The summed E-state index contributed by atoms with van der Waals surface area (Å²) in [7, 11) is -0.766. The van der Waals surface area contributed by atoms with Crippen molar-refractivity contribution >= 4 is 43.1 Å². The number of hydrogen-bond acceptors (Lipinski definition) is 0.